The van der Waals surface area contributed by atoms with Crippen molar-refractivity contribution in [3.63, 3.8) is 0 Å². The van der Waals surface area contributed by atoms with Crippen molar-refractivity contribution in [1.29, 1.82) is 0 Å². The summed E-state index contributed by atoms with van der Waals surface area (Å²) in [6, 6.07) is 10.8. The van der Waals surface area contributed by atoms with Crippen LogP contribution in [0.2, 0.25) is 0 Å². The number of rotatable bonds is 5. The molecule has 1 N–H and O–H groups in total. The number of likely N-dealkylation sites (tertiary alicyclic amines) is 1. The van der Waals surface area contributed by atoms with Crippen molar-refractivity contribution < 1.29 is 14.4 Å². The van der Waals surface area contributed by atoms with Crippen molar-refractivity contribution in [1.82, 2.24) is 24.9 Å². The fourth-order valence-electron chi connectivity index (χ4n) is 4.04. The van der Waals surface area contributed by atoms with Gasteiger partial charge in [0.1, 0.15) is 11.7 Å². The van der Waals surface area contributed by atoms with E-state index >= 15 is 0 Å². The van der Waals surface area contributed by atoms with Crippen LogP contribution in [0.5, 0.6) is 0 Å². The second-order valence-corrected chi connectivity index (χ2v) is 7.93. The summed E-state index contributed by atoms with van der Waals surface area (Å²) in [6.45, 7) is 4.90. The Morgan fingerprint density at radius 3 is 2.53 bits per heavy atom. The number of nitrogens with zero attached hydrogens (tertiary/aromatic N) is 4. The van der Waals surface area contributed by atoms with E-state index in [2.05, 4.69) is 10.4 Å². The zero-order chi connectivity index (χ0) is 21.1. The Hall–Kier alpha value is -3.16. The highest BCUT2D eigenvalue weighted by Gasteiger charge is 2.28. The predicted octanol–water partition coefficient (Wildman–Crippen LogP) is 1.67. The minimum absolute atomic E-state index is 0.0771. The maximum atomic E-state index is 13.1. The van der Waals surface area contributed by atoms with Crippen molar-refractivity contribution in [3.8, 4) is 0 Å². The average molecular weight is 409 g/mol. The minimum atomic E-state index is -0.623. The molecular weight excluding hydrogens is 382 g/mol. The number of benzene rings is 1. The van der Waals surface area contributed by atoms with Crippen LogP contribution in [0.25, 0.3) is 0 Å². The lowest BCUT2D eigenvalue weighted by Gasteiger charge is -2.20. The Morgan fingerprint density at radius 2 is 1.80 bits per heavy atom. The fraction of sp³-hybridized carbons (Fsp3) is 0.455. The van der Waals surface area contributed by atoms with Crippen LogP contribution in [0.4, 0.5) is 0 Å². The molecule has 158 valence electrons. The van der Waals surface area contributed by atoms with Gasteiger partial charge in [0.2, 0.25) is 5.91 Å². The van der Waals surface area contributed by atoms with Gasteiger partial charge in [0.25, 0.3) is 11.8 Å². The van der Waals surface area contributed by atoms with Gasteiger partial charge in [-0.2, -0.15) is 5.10 Å². The number of aromatic nitrogens is 2. The Morgan fingerprint density at radius 1 is 1.07 bits per heavy atom. The quantitative estimate of drug-likeness (QED) is 0.814. The normalized spacial score (nSPS) is 17.4. The van der Waals surface area contributed by atoms with Gasteiger partial charge in [-0.15, -0.1) is 0 Å². The molecule has 0 spiro atoms. The molecule has 2 aromatic rings. The van der Waals surface area contributed by atoms with Crippen LogP contribution in [-0.2, 0) is 17.9 Å². The first kappa shape index (κ1) is 20.1. The number of hydrogen-bond donors (Lipinski definition) is 1. The van der Waals surface area contributed by atoms with Crippen LogP contribution in [0.1, 0.15) is 52.7 Å². The lowest BCUT2D eigenvalue weighted by Crippen LogP contribution is -2.46. The van der Waals surface area contributed by atoms with Gasteiger partial charge >= 0.3 is 0 Å². The lowest BCUT2D eigenvalue weighted by molar-refractivity contribution is -0.131. The molecule has 3 heterocycles. The van der Waals surface area contributed by atoms with E-state index < -0.39 is 11.9 Å². The van der Waals surface area contributed by atoms with Gasteiger partial charge in [-0.05, 0) is 31.7 Å². The first-order chi connectivity index (χ1) is 14.5. The first-order valence-corrected chi connectivity index (χ1v) is 10.5. The van der Waals surface area contributed by atoms with E-state index in [1.807, 2.05) is 30.3 Å². The molecule has 0 unspecified atom stereocenters. The van der Waals surface area contributed by atoms with Crippen LogP contribution in [-0.4, -0.2) is 63.0 Å². The molecule has 1 atom stereocenters. The van der Waals surface area contributed by atoms with E-state index in [4.69, 9.17) is 0 Å². The van der Waals surface area contributed by atoms with Crippen LogP contribution in [0.15, 0.2) is 36.4 Å². The molecule has 8 nitrogen and oxygen atoms in total. The third kappa shape index (κ3) is 4.22. The lowest BCUT2D eigenvalue weighted by atomic mass is 10.2. The number of amides is 3. The Kier molecular flexibility index (Phi) is 5.83. The Labute approximate surface area is 175 Å². The number of aryl methyl sites for hydroxylation is 1. The zero-order valence-corrected chi connectivity index (χ0v) is 17.2. The number of carbonyl (C=O) groups excluding carboxylic acids is 3. The highest BCUT2D eigenvalue weighted by Crippen LogP contribution is 2.17. The Balaban J connectivity index is 1.45. The summed E-state index contributed by atoms with van der Waals surface area (Å²) in [5, 5.41) is 7.08. The molecule has 1 aromatic heterocycles. The molecule has 8 heteroatoms. The number of nitrogens with one attached hydrogen (secondary N) is 1. The van der Waals surface area contributed by atoms with Gasteiger partial charge in [-0.25, -0.2) is 0 Å². The number of fused-ring (bicyclic) bond motifs is 1. The molecule has 0 bridgehead atoms. The highest BCUT2D eigenvalue weighted by molar-refractivity contribution is 5.99. The summed E-state index contributed by atoms with van der Waals surface area (Å²) < 4.78 is 1.61. The molecule has 0 radical (unpaired) electrons. The summed E-state index contributed by atoms with van der Waals surface area (Å²) in [7, 11) is 0. The molecule has 3 amide bonds. The van der Waals surface area contributed by atoms with Gasteiger partial charge in [0, 0.05) is 38.8 Å². The maximum Gasteiger partial charge on any atom is 0.272 e. The molecule has 1 saturated heterocycles. The maximum absolute atomic E-state index is 13.1. The first-order valence-electron chi connectivity index (χ1n) is 10.5. The topological polar surface area (TPSA) is 87.5 Å². The van der Waals surface area contributed by atoms with Crippen molar-refractivity contribution in [2.24, 2.45) is 0 Å². The van der Waals surface area contributed by atoms with E-state index in [1.165, 1.54) is 6.07 Å². The number of carbonyl (C=O) groups is 3. The van der Waals surface area contributed by atoms with Gasteiger partial charge < -0.3 is 15.1 Å². The second-order valence-electron chi connectivity index (χ2n) is 7.93. The molecule has 2 aliphatic rings. The third-order valence-corrected chi connectivity index (χ3v) is 5.67. The Bertz CT molecular complexity index is 934. The van der Waals surface area contributed by atoms with Crippen molar-refractivity contribution in [2.45, 2.75) is 45.3 Å². The van der Waals surface area contributed by atoms with Gasteiger partial charge in [0.15, 0.2) is 5.69 Å². The van der Waals surface area contributed by atoms with E-state index in [1.54, 1.807) is 21.4 Å². The molecule has 1 fully saturated rings. The minimum Gasteiger partial charge on any atom is -0.341 e. The van der Waals surface area contributed by atoms with E-state index in [0.717, 1.165) is 37.9 Å². The molecule has 1 aromatic carbocycles. The number of hydrogen-bond acceptors (Lipinski definition) is 4. The summed E-state index contributed by atoms with van der Waals surface area (Å²) in [6.07, 6.45) is 2.77. The fourth-order valence-corrected chi connectivity index (χ4v) is 4.04. The van der Waals surface area contributed by atoms with Gasteiger partial charge in [-0.3, -0.25) is 19.1 Å². The van der Waals surface area contributed by atoms with Crippen LogP contribution < -0.4 is 5.32 Å². The average Bonchev–Trinajstić information content (AvgIpc) is 3.41. The largest absolute Gasteiger partial charge is 0.341 e. The van der Waals surface area contributed by atoms with Gasteiger partial charge in [-0.1, -0.05) is 30.3 Å². The monoisotopic (exact) mass is 409 g/mol. The highest BCUT2D eigenvalue weighted by atomic mass is 16.2. The molecule has 0 saturated carbocycles. The summed E-state index contributed by atoms with van der Waals surface area (Å²) in [5.41, 5.74) is 1.64. The predicted molar refractivity (Wildman–Crippen MR) is 111 cm³/mol. The molecule has 4 rings (SSSR count). The standard InChI is InChI=1S/C22H27N5O3/c1-16(21(29)25-10-5-6-11-25)23-20(28)18-14-19-22(30)26(12-7-13-27(19)24-18)15-17-8-3-2-4-9-17/h2-4,8-9,14,16H,5-7,10-13,15H2,1H3,(H,23,28)/t16-/m1/s1. The molecule has 30 heavy (non-hydrogen) atoms. The molecule has 2 aliphatic heterocycles. The third-order valence-electron chi connectivity index (χ3n) is 5.67. The summed E-state index contributed by atoms with van der Waals surface area (Å²) >= 11 is 0. The smallest absolute Gasteiger partial charge is 0.272 e. The van der Waals surface area contributed by atoms with Crippen molar-refractivity contribution >= 4 is 17.7 Å². The summed E-state index contributed by atoms with van der Waals surface area (Å²) in [5.74, 6) is -0.645. The van der Waals surface area contributed by atoms with Crippen LogP contribution in [0.3, 0.4) is 0 Å². The zero-order valence-electron chi connectivity index (χ0n) is 17.2. The molecule has 0 aliphatic carbocycles. The van der Waals surface area contributed by atoms with Crippen LogP contribution >= 0.6 is 0 Å². The van der Waals surface area contributed by atoms with Gasteiger partial charge in [0.05, 0.1) is 0 Å². The summed E-state index contributed by atoms with van der Waals surface area (Å²) in [4.78, 5) is 41.7. The van der Waals surface area contributed by atoms with Crippen molar-refractivity contribution in [2.75, 3.05) is 19.6 Å². The van der Waals surface area contributed by atoms with E-state index in [-0.39, 0.29) is 17.5 Å². The second kappa shape index (κ2) is 8.69. The van der Waals surface area contributed by atoms with E-state index in [0.29, 0.717) is 25.3 Å². The van der Waals surface area contributed by atoms with Crippen LogP contribution in [0, 0.1) is 0 Å². The van der Waals surface area contributed by atoms with E-state index in [9.17, 15) is 14.4 Å². The van der Waals surface area contributed by atoms with Crippen molar-refractivity contribution in [3.05, 3.63) is 53.3 Å². The molecular formula is C22H27N5O3. The SMILES string of the molecule is C[C@@H](NC(=O)c1cc2n(n1)CCCN(Cc1ccccc1)C2=O)C(=O)N1CCCC1.